The van der Waals surface area contributed by atoms with Crippen LogP contribution >= 0.6 is 22.7 Å². The van der Waals surface area contributed by atoms with Gasteiger partial charge in [-0.3, -0.25) is 0 Å². The maximum atomic E-state index is 6.24. The van der Waals surface area contributed by atoms with E-state index in [0.717, 1.165) is 65.8 Å². The summed E-state index contributed by atoms with van der Waals surface area (Å²) in [6.07, 6.45) is 3.80. The molecule has 4 aromatic heterocycles. The third kappa shape index (κ3) is 5.45. The zero-order valence-electron chi connectivity index (χ0n) is 29.2. The summed E-state index contributed by atoms with van der Waals surface area (Å²) < 4.78 is 9.82. The number of thiophene rings is 1. The molecule has 4 heterocycles. The molecule has 0 aliphatic rings. The first-order valence-electron chi connectivity index (χ1n) is 17.7. The van der Waals surface area contributed by atoms with Crippen LogP contribution in [0.3, 0.4) is 0 Å². The minimum absolute atomic E-state index is 0.571. The van der Waals surface area contributed by atoms with Crippen molar-refractivity contribution in [2.45, 2.75) is 6.92 Å². The second-order valence-electron chi connectivity index (χ2n) is 13.0. The van der Waals surface area contributed by atoms with Crippen molar-refractivity contribution >= 4 is 75.7 Å². The molecule has 54 heavy (non-hydrogen) atoms. The highest BCUT2D eigenvalue weighted by molar-refractivity contribution is 7.26. The first-order chi connectivity index (χ1) is 26.6. The van der Waals surface area contributed by atoms with Crippen LogP contribution in [0.2, 0.25) is 0 Å². The number of hydrogen-bond acceptors (Lipinski definition) is 7. The lowest BCUT2D eigenvalue weighted by atomic mass is 9.99. The van der Waals surface area contributed by atoms with E-state index in [1.165, 1.54) is 19.5 Å². The number of para-hydroxylation sites is 2. The summed E-state index contributed by atoms with van der Waals surface area (Å²) >= 11 is 3.51. The van der Waals surface area contributed by atoms with E-state index in [4.69, 9.17) is 24.4 Å². The molecule has 0 fully saturated rings. The van der Waals surface area contributed by atoms with Crippen LogP contribution in [-0.2, 0) is 0 Å². The first-order valence-corrected chi connectivity index (χ1v) is 19.3. The highest BCUT2D eigenvalue weighted by Crippen LogP contribution is 2.42. The summed E-state index contributed by atoms with van der Waals surface area (Å²) in [6, 6.07) is 48.3. The van der Waals surface area contributed by atoms with Crippen LogP contribution in [0.15, 0.2) is 157 Å². The zero-order chi connectivity index (χ0) is 36.2. The third-order valence-electron chi connectivity index (χ3n) is 9.77. The Morgan fingerprint density at radius 1 is 0.593 bits per heavy atom. The minimum Gasteiger partial charge on any atom is -0.456 e. The highest BCUT2D eigenvalue weighted by atomic mass is 32.1. The van der Waals surface area contributed by atoms with Crippen molar-refractivity contribution < 1.29 is 4.42 Å². The summed E-state index contributed by atoms with van der Waals surface area (Å²) in [4.78, 5) is 20.4. The molecule has 256 valence electrons. The van der Waals surface area contributed by atoms with Crippen molar-refractivity contribution in [3.05, 3.63) is 169 Å². The van der Waals surface area contributed by atoms with Gasteiger partial charge in [-0.15, -0.1) is 22.7 Å². The number of aromatic nitrogens is 4. The van der Waals surface area contributed by atoms with Crippen molar-refractivity contribution in [1.82, 2.24) is 19.9 Å². The van der Waals surface area contributed by atoms with Gasteiger partial charge in [0.2, 0.25) is 0 Å². The SMILES string of the molecule is C=Cc1oc2ccccc2c1/C(=C\C)c1nc(-c2ccccc2)nc(-c2cccc3sc4ccc(-c5ccc(-c6nc7ccccc7s6)cc5)cc4c23)n1. The molecule has 0 spiro atoms. The average Bonchev–Trinajstić information content (AvgIpc) is 3.95. The predicted octanol–water partition coefficient (Wildman–Crippen LogP) is 13.4. The van der Waals surface area contributed by atoms with Gasteiger partial charge in [-0.2, -0.15) is 0 Å². The molecule has 10 rings (SSSR count). The largest absolute Gasteiger partial charge is 0.456 e. The molecule has 0 aliphatic heterocycles. The summed E-state index contributed by atoms with van der Waals surface area (Å²) in [5.41, 5.74) is 8.88. The van der Waals surface area contributed by atoms with Gasteiger partial charge in [0.15, 0.2) is 17.5 Å². The molecule has 0 aliphatic carbocycles. The van der Waals surface area contributed by atoms with Gasteiger partial charge in [-0.25, -0.2) is 19.9 Å². The fourth-order valence-corrected chi connectivity index (χ4v) is 9.28. The van der Waals surface area contributed by atoms with E-state index in [1.807, 2.05) is 67.6 Å². The van der Waals surface area contributed by atoms with E-state index in [2.05, 4.69) is 91.5 Å². The van der Waals surface area contributed by atoms with E-state index >= 15 is 0 Å². The number of rotatable bonds is 7. The standard InChI is InChI=1S/C47H30N4OS2/c1-3-32(42-33-15-8-10-18-38(33)52-37(42)4-2)45-49-44(29-13-6-5-7-14-29)50-46(51-45)34-16-12-20-41-43(34)35-27-31(25-26-39(35)53-41)28-21-23-30(24-22-28)47-48-36-17-9-11-19-40(36)54-47/h3-27H,2H2,1H3/b32-3+. The second kappa shape index (κ2) is 13.1. The van der Waals surface area contributed by atoms with E-state index in [1.54, 1.807) is 28.7 Å². The van der Waals surface area contributed by atoms with Gasteiger partial charge in [-0.05, 0) is 60.5 Å². The smallest absolute Gasteiger partial charge is 0.164 e. The molecule has 0 radical (unpaired) electrons. The van der Waals surface area contributed by atoms with E-state index < -0.39 is 0 Å². The first kappa shape index (κ1) is 32.1. The molecule has 0 saturated carbocycles. The van der Waals surface area contributed by atoms with Crippen LogP contribution in [0.25, 0.3) is 97.5 Å². The Morgan fingerprint density at radius 2 is 1.33 bits per heavy atom. The van der Waals surface area contributed by atoms with E-state index in [-0.39, 0.29) is 0 Å². The van der Waals surface area contributed by atoms with Crippen LogP contribution < -0.4 is 0 Å². The number of benzene rings is 6. The number of fused-ring (bicyclic) bond motifs is 5. The monoisotopic (exact) mass is 730 g/mol. The molecule has 0 unspecified atom stereocenters. The van der Waals surface area contributed by atoms with E-state index in [9.17, 15) is 0 Å². The van der Waals surface area contributed by atoms with Gasteiger partial charge in [-0.1, -0.05) is 116 Å². The third-order valence-corrected chi connectivity index (χ3v) is 12.0. The number of furan rings is 1. The minimum atomic E-state index is 0.571. The number of hydrogen-bond donors (Lipinski definition) is 0. The molecule has 0 atom stereocenters. The lowest BCUT2D eigenvalue weighted by Crippen LogP contribution is -2.04. The van der Waals surface area contributed by atoms with Crippen molar-refractivity contribution in [2.24, 2.45) is 0 Å². The molecule has 7 heteroatoms. The fraction of sp³-hybridized carbons (Fsp3) is 0.0213. The lowest BCUT2D eigenvalue weighted by molar-refractivity contribution is 0.603. The predicted molar refractivity (Wildman–Crippen MR) is 227 cm³/mol. The van der Waals surface area contributed by atoms with E-state index in [0.29, 0.717) is 23.2 Å². The molecular formula is C47H30N4OS2. The normalized spacial score (nSPS) is 12.0. The molecule has 0 saturated heterocycles. The van der Waals surface area contributed by atoms with Gasteiger partial charge < -0.3 is 4.42 Å². The molecule has 6 aromatic carbocycles. The molecule has 0 amide bonds. The summed E-state index contributed by atoms with van der Waals surface area (Å²) in [6.45, 7) is 6.07. The summed E-state index contributed by atoms with van der Waals surface area (Å²) in [7, 11) is 0. The Balaban J connectivity index is 1.12. The van der Waals surface area contributed by atoms with Gasteiger partial charge in [0.05, 0.1) is 10.2 Å². The van der Waals surface area contributed by atoms with Gasteiger partial charge in [0.25, 0.3) is 0 Å². The maximum Gasteiger partial charge on any atom is 0.164 e. The Labute approximate surface area is 319 Å². The van der Waals surface area contributed by atoms with Crippen molar-refractivity contribution in [3.63, 3.8) is 0 Å². The summed E-state index contributed by atoms with van der Waals surface area (Å²) in [5.74, 6) is 2.47. The second-order valence-corrected chi connectivity index (χ2v) is 15.1. The Bertz CT molecular complexity index is 3050. The van der Waals surface area contributed by atoms with Crippen LogP contribution in [0, 0.1) is 0 Å². The van der Waals surface area contributed by atoms with Gasteiger partial charge in [0, 0.05) is 53.4 Å². The maximum absolute atomic E-state index is 6.24. The molecule has 5 nitrogen and oxygen atoms in total. The zero-order valence-corrected chi connectivity index (χ0v) is 30.8. The quantitative estimate of drug-likeness (QED) is 0.163. The number of allylic oxidation sites excluding steroid dienone is 1. The Kier molecular flexibility index (Phi) is 7.82. The average molecular weight is 731 g/mol. The van der Waals surface area contributed by atoms with Crippen LogP contribution in [0.5, 0.6) is 0 Å². The Morgan fingerprint density at radius 3 is 2.17 bits per heavy atom. The number of thiazole rings is 1. The van der Waals surface area contributed by atoms with Crippen molar-refractivity contribution in [3.8, 4) is 44.5 Å². The molecule has 0 bridgehead atoms. The van der Waals surface area contributed by atoms with Crippen LogP contribution in [0.4, 0.5) is 0 Å². The molecular weight excluding hydrogens is 701 g/mol. The summed E-state index contributed by atoms with van der Waals surface area (Å²) in [5, 5.41) is 4.31. The fourth-order valence-electron chi connectivity index (χ4n) is 7.20. The van der Waals surface area contributed by atoms with Gasteiger partial charge in [0.1, 0.15) is 16.4 Å². The molecule has 10 aromatic rings. The highest BCUT2D eigenvalue weighted by Gasteiger charge is 2.22. The Hall–Kier alpha value is -6.54. The van der Waals surface area contributed by atoms with Crippen molar-refractivity contribution in [1.29, 1.82) is 0 Å². The lowest BCUT2D eigenvalue weighted by Gasteiger charge is -2.12. The topological polar surface area (TPSA) is 64.7 Å². The van der Waals surface area contributed by atoms with Crippen LogP contribution in [-0.4, -0.2) is 19.9 Å². The molecule has 0 N–H and O–H groups in total. The van der Waals surface area contributed by atoms with Crippen LogP contribution in [0.1, 0.15) is 24.1 Å². The van der Waals surface area contributed by atoms with Gasteiger partial charge >= 0.3 is 0 Å². The number of nitrogens with zero attached hydrogens (tertiary/aromatic N) is 4. The van der Waals surface area contributed by atoms with Crippen molar-refractivity contribution in [2.75, 3.05) is 0 Å².